The second-order valence-corrected chi connectivity index (χ2v) is 10.3. The molecule has 0 saturated carbocycles. The number of hydrogen-bond donors (Lipinski definition) is 1. The Hall–Kier alpha value is -2.32. The number of pyridine rings is 1. The number of sulfonamides is 1. The number of nitrogens with one attached hydrogen (secondary N) is 1. The van der Waals surface area contributed by atoms with Crippen molar-refractivity contribution < 1.29 is 17.6 Å². The fourth-order valence-corrected chi connectivity index (χ4v) is 5.01. The average Bonchev–Trinajstić information content (AvgIpc) is 2.60. The topological polar surface area (TPSA) is 79.4 Å². The number of aromatic nitrogens is 1. The molecule has 1 aliphatic rings. The van der Waals surface area contributed by atoms with Crippen molar-refractivity contribution in [2.45, 2.75) is 51.3 Å². The van der Waals surface area contributed by atoms with Crippen LogP contribution >= 0.6 is 0 Å². The van der Waals surface area contributed by atoms with Crippen molar-refractivity contribution >= 4 is 15.9 Å². The van der Waals surface area contributed by atoms with Crippen molar-refractivity contribution in [3.05, 3.63) is 53.6 Å². The van der Waals surface area contributed by atoms with Crippen LogP contribution in [-0.2, 0) is 21.2 Å². The number of amides is 1. The van der Waals surface area contributed by atoms with E-state index in [1.165, 1.54) is 12.1 Å². The SMILES string of the molecule is CC(C)c1cc(F)cc(-c2cccnc2)c1CC(=O)NS(=O)(=O)C1CN(C(C)C)C1. The molecule has 2 heterocycles. The maximum absolute atomic E-state index is 14.3. The summed E-state index contributed by atoms with van der Waals surface area (Å²) in [5.74, 6) is -1.06. The predicted octanol–water partition coefficient (Wildman–Crippen LogP) is 3.09. The third kappa shape index (κ3) is 4.87. The summed E-state index contributed by atoms with van der Waals surface area (Å²) in [4.78, 5) is 18.8. The van der Waals surface area contributed by atoms with Gasteiger partial charge in [0.25, 0.3) is 0 Å². The van der Waals surface area contributed by atoms with Gasteiger partial charge < -0.3 is 0 Å². The Balaban J connectivity index is 1.86. The summed E-state index contributed by atoms with van der Waals surface area (Å²) >= 11 is 0. The Morgan fingerprint density at radius 3 is 2.53 bits per heavy atom. The van der Waals surface area contributed by atoms with E-state index in [9.17, 15) is 17.6 Å². The molecule has 162 valence electrons. The standard InChI is InChI=1S/C22H28FN3O3S/c1-14(2)19-8-17(23)9-20(16-6-5-7-24-11-16)21(19)10-22(27)25-30(28,29)18-12-26(13-18)15(3)4/h5-9,11,14-15,18H,10,12-13H2,1-4H3,(H,25,27). The molecule has 3 rings (SSSR count). The maximum Gasteiger partial charge on any atom is 0.240 e. The first-order valence-corrected chi connectivity index (χ1v) is 11.6. The van der Waals surface area contributed by atoms with Crippen molar-refractivity contribution in [1.82, 2.24) is 14.6 Å². The molecule has 0 spiro atoms. The van der Waals surface area contributed by atoms with E-state index in [1.54, 1.807) is 24.5 Å². The van der Waals surface area contributed by atoms with Gasteiger partial charge in [0.1, 0.15) is 11.1 Å². The summed E-state index contributed by atoms with van der Waals surface area (Å²) in [7, 11) is -3.76. The van der Waals surface area contributed by atoms with Crippen LogP contribution < -0.4 is 4.72 Å². The van der Waals surface area contributed by atoms with Crippen LogP contribution in [0.3, 0.4) is 0 Å². The second kappa shape index (κ2) is 8.81. The lowest BCUT2D eigenvalue weighted by molar-refractivity contribution is -0.118. The number of halogens is 1. The third-order valence-electron chi connectivity index (χ3n) is 5.48. The molecular formula is C22H28FN3O3S. The number of nitrogens with zero attached hydrogens (tertiary/aromatic N) is 2. The van der Waals surface area contributed by atoms with Gasteiger partial charge >= 0.3 is 0 Å². The van der Waals surface area contributed by atoms with E-state index in [0.717, 1.165) is 0 Å². The van der Waals surface area contributed by atoms with Gasteiger partial charge in [-0.15, -0.1) is 0 Å². The van der Waals surface area contributed by atoms with Gasteiger partial charge in [0.15, 0.2) is 0 Å². The van der Waals surface area contributed by atoms with Crippen molar-refractivity contribution in [2.75, 3.05) is 13.1 Å². The lowest BCUT2D eigenvalue weighted by atomic mass is 9.88. The molecule has 1 aromatic heterocycles. The number of hydrogen-bond acceptors (Lipinski definition) is 5. The summed E-state index contributed by atoms with van der Waals surface area (Å²) < 4.78 is 41.7. The zero-order chi connectivity index (χ0) is 22.1. The van der Waals surface area contributed by atoms with Gasteiger partial charge in [-0.1, -0.05) is 19.9 Å². The summed E-state index contributed by atoms with van der Waals surface area (Å²) in [5, 5.41) is -0.598. The molecule has 0 aliphatic carbocycles. The zero-order valence-electron chi connectivity index (χ0n) is 17.7. The molecule has 6 nitrogen and oxygen atoms in total. The monoisotopic (exact) mass is 433 g/mol. The van der Waals surface area contributed by atoms with E-state index in [-0.39, 0.29) is 18.4 Å². The van der Waals surface area contributed by atoms with Crippen molar-refractivity contribution in [3.8, 4) is 11.1 Å². The molecule has 0 radical (unpaired) electrons. The van der Waals surface area contributed by atoms with E-state index in [4.69, 9.17) is 0 Å². The third-order valence-corrected chi connectivity index (χ3v) is 7.17. The Labute approximate surface area is 177 Å². The van der Waals surface area contributed by atoms with E-state index in [2.05, 4.69) is 9.71 Å². The quantitative estimate of drug-likeness (QED) is 0.726. The number of rotatable bonds is 7. The van der Waals surface area contributed by atoms with Crippen LogP contribution in [0, 0.1) is 5.82 Å². The van der Waals surface area contributed by atoms with Gasteiger partial charge in [-0.2, -0.15) is 0 Å². The lowest BCUT2D eigenvalue weighted by Gasteiger charge is -2.41. The number of carbonyl (C=O) groups is 1. The predicted molar refractivity (Wildman–Crippen MR) is 115 cm³/mol. The van der Waals surface area contributed by atoms with E-state index in [0.29, 0.717) is 35.3 Å². The van der Waals surface area contributed by atoms with E-state index >= 15 is 0 Å². The van der Waals surface area contributed by atoms with Gasteiger partial charge in [-0.3, -0.25) is 19.4 Å². The average molecular weight is 434 g/mol. The van der Waals surface area contributed by atoms with Crippen molar-refractivity contribution in [3.63, 3.8) is 0 Å². The molecule has 1 fully saturated rings. The van der Waals surface area contributed by atoms with Crippen LogP contribution in [0.25, 0.3) is 11.1 Å². The Morgan fingerprint density at radius 2 is 1.97 bits per heavy atom. The molecule has 1 aromatic carbocycles. The summed E-state index contributed by atoms with van der Waals surface area (Å²) in [6.45, 7) is 8.65. The smallest absolute Gasteiger partial charge is 0.240 e. The first kappa shape index (κ1) is 22.4. The first-order valence-electron chi connectivity index (χ1n) is 10.1. The summed E-state index contributed by atoms with van der Waals surface area (Å²) in [6.07, 6.45) is 3.06. The molecule has 1 N–H and O–H groups in total. The highest BCUT2D eigenvalue weighted by molar-refractivity contribution is 7.90. The zero-order valence-corrected chi connectivity index (χ0v) is 18.5. The number of benzene rings is 1. The van der Waals surface area contributed by atoms with Crippen molar-refractivity contribution in [2.24, 2.45) is 0 Å². The molecule has 1 saturated heterocycles. The first-order chi connectivity index (χ1) is 14.1. The summed E-state index contributed by atoms with van der Waals surface area (Å²) in [5.41, 5.74) is 2.52. The minimum Gasteiger partial charge on any atom is -0.298 e. The highest BCUT2D eigenvalue weighted by atomic mass is 32.2. The molecule has 2 aromatic rings. The Kier molecular flexibility index (Phi) is 6.57. The molecule has 30 heavy (non-hydrogen) atoms. The summed E-state index contributed by atoms with van der Waals surface area (Å²) in [6, 6.07) is 6.57. The lowest BCUT2D eigenvalue weighted by Crippen LogP contribution is -2.60. The molecule has 1 amide bonds. The fraction of sp³-hybridized carbons (Fsp3) is 0.455. The minimum atomic E-state index is -3.76. The minimum absolute atomic E-state index is 0.0400. The Morgan fingerprint density at radius 1 is 1.27 bits per heavy atom. The van der Waals surface area contributed by atoms with Crippen LogP contribution in [0.5, 0.6) is 0 Å². The highest BCUT2D eigenvalue weighted by Gasteiger charge is 2.39. The molecular weight excluding hydrogens is 405 g/mol. The fourth-order valence-electron chi connectivity index (χ4n) is 3.68. The van der Waals surface area contributed by atoms with Crippen LogP contribution in [0.15, 0.2) is 36.7 Å². The number of likely N-dealkylation sites (tertiary alicyclic amines) is 1. The highest BCUT2D eigenvalue weighted by Crippen LogP contribution is 2.32. The maximum atomic E-state index is 14.3. The molecule has 0 unspecified atom stereocenters. The largest absolute Gasteiger partial charge is 0.298 e. The van der Waals surface area contributed by atoms with Gasteiger partial charge in [0.05, 0.1) is 6.42 Å². The van der Waals surface area contributed by atoms with Crippen molar-refractivity contribution in [1.29, 1.82) is 0 Å². The molecule has 0 bridgehead atoms. The van der Waals surface area contributed by atoms with E-state index in [1.807, 2.05) is 32.6 Å². The van der Waals surface area contributed by atoms with Crippen LogP contribution in [0.1, 0.15) is 44.7 Å². The molecule has 0 atom stereocenters. The normalized spacial score (nSPS) is 15.4. The molecule has 8 heteroatoms. The van der Waals surface area contributed by atoms with Crippen LogP contribution in [0.2, 0.25) is 0 Å². The Bertz CT molecular complexity index is 1020. The van der Waals surface area contributed by atoms with Gasteiger partial charge in [0.2, 0.25) is 15.9 Å². The van der Waals surface area contributed by atoms with Crippen LogP contribution in [0.4, 0.5) is 4.39 Å². The van der Waals surface area contributed by atoms with Gasteiger partial charge in [0, 0.05) is 37.1 Å². The van der Waals surface area contributed by atoms with Crippen LogP contribution in [-0.4, -0.2) is 48.6 Å². The number of carbonyl (C=O) groups excluding carboxylic acids is 1. The van der Waals surface area contributed by atoms with E-state index < -0.39 is 27.0 Å². The van der Waals surface area contributed by atoms with Gasteiger partial charge in [-0.25, -0.2) is 12.8 Å². The second-order valence-electron chi connectivity index (χ2n) is 8.33. The molecule has 1 aliphatic heterocycles. The van der Waals surface area contributed by atoms with Gasteiger partial charge in [-0.05, 0) is 54.7 Å².